The molecule has 0 radical (unpaired) electrons. The number of hydrogen-bond donors (Lipinski definition) is 0. The van der Waals surface area contributed by atoms with Gasteiger partial charge in [0.05, 0.1) is 32.5 Å². The fourth-order valence-corrected chi connectivity index (χ4v) is 2.69. The maximum Gasteiger partial charge on any atom is 0.203 e. The molecule has 0 amide bonds. The minimum atomic E-state index is 0.0757. The molecule has 0 aliphatic heterocycles. The number of benzene rings is 2. The molecule has 2 aromatic rings. The van der Waals surface area contributed by atoms with Crippen molar-refractivity contribution in [3.05, 3.63) is 41.5 Å². The number of methoxy groups -OCH3 is 2. The Balaban J connectivity index is 0. The van der Waals surface area contributed by atoms with Crippen molar-refractivity contribution < 1.29 is 23.7 Å². The fraction of sp³-hybridized carbons (Fsp3) is 0.586. The molecule has 0 spiro atoms. The van der Waals surface area contributed by atoms with E-state index in [9.17, 15) is 0 Å². The average Bonchev–Trinajstić information content (AvgIpc) is 2.77. The summed E-state index contributed by atoms with van der Waals surface area (Å²) in [6, 6.07) is 9.76. The van der Waals surface area contributed by atoms with Gasteiger partial charge in [0.1, 0.15) is 11.5 Å². The second-order valence-corrected chi connectivity index (χ2v) is 7.98. The van der Waals surface area contributed by atoms with Crippen LogP contribution in [-0.2, 0) is 0 Å². The lowest BCUT2D eigenvalue weighted by molar-refractivity contribution is 0.176. The summed E-state index contributed by atoms with van der Waals surface area (Å²) in [5.74, 6) is 3.87. The van der Waals surface area contributed by atoms with Crippen molar-refractivity contribution >= 4 is 0 Å². The molecule has 34 heavy (non-hydrogen) atoms. The molecule has 0 atom stereocenters. The highest BCUT2D eigenvalue weighted by atomic mass is 16.6. The SMILES string of the molecule is CC.CC.COc1cc(C)cc(OC)c1.Cc1cc(OC(C)C)c(OC(C)C)c(OC(C)C)c1. The van der Waals surface area contributed by atoms with E-state index in [1.807, 2.05) is 113 Å². The zero-order chi connectivity index (χ0) is 26.8. The molecular formula is C29H50O5. The summed E-state index contributed by atoms with van der Waals surface area (Å²) in [5, 5.41) is 0. The van der Waals surface area contributed by atoms with Crippen LogP contribution in [0.5, 0.6) is 28.7 Å². The van der Waals surface area contributed by atoms with Crippen LogP contribution in [0.3, 0.4) is 0 Å². The normalized spacial score (nSPS) is 9.68. The minimum Gasteiger partial charge on any atom is -0.497 e. The molecular weight excluding hydrogens is 428 g/mol. The summed E-state index contributed by atoms with van der Waals surface area (Å²) in [7, 11) is 3.29. The molecule has 0 fully saturated rings. The molecule has 0 heterocycles. The fourth-order valence-electron chi connectivity index (χ4n) is 2.69. The van der Waals surface area contributed by atoms with Gasteiger partial charge < -0.3 is 23.7 Å². The summed E-state index contributed by atoms with van der Waals surface area (Å²) in [6.07, 6.45) is 0.276. The second kappa shape index (κ2) is 18.8. The zero-order valence-electron chi connectivity index (χ0n) is 24.2. The lowest BCUT2D eigenvalue weighted by atomic mass is 10.2. The number of ether oxygens (including phenoxy) is 5. The zero-order valence-corrected chi connectivity index (χ0v) is 24.2. The van der Waals surface area contributed by atoms with E-state index in [-0.39, 0.29) is 18.3 Å². The van der Waals surface area contributed by atoms with Crippen molar-refractivity contribution in [2.75, 3.05) is 14.2 Å². The van der Waals surface area contributed by atoms with Gasteiger partial charge in [-0.1, -0.05) is 27.7 Å². The van der Waals surface area contributed by atoms with Crippen molar-refractivity contribution in [3.63, 3.8) is 0 Å². The Labute approximate surface area is 209 Å². The predicted molar refractivity (Wildman–Crippen MR) is 145 cm³/mol. The van der Waals surface area contributed by atoms with Crippen molar-refractivity contribution in [3.8, 4) is 28.7 Å². The topological polar surface area (TPSA) is 46.2 Å². The Morgan fingerprint density at radius 2 is 0.824 bits per heavy atom. The van der Waals surface area contributed by atoms with Gasteiger partial charge >= 0.3 is 0 Å². The molecule has 0 bridgehead atoms. The molecule has 0 saturated heterocycles. The first-order valence-electron chi connectivity index (χ1n) is 12.4. The molecule has 0 aliphatic rings. The van der Waals surface area contributed by atoms with Crippen molar-refractivity contribution in [1.82, 2.24) is 0 Å². The van der Waals surface area contributed by atoms with Crippen LogP contribution >= 0.6 is 0 Å². The van der Waals surface area contributed by atoms with E-state index in [0.29, 0.717) is 5.75 Å². The van der Waals surface area contributed by atoms with Gasteiger partial charge in [-0.05, 0) is 90.8 Å². The smallest absolute Gasteiger partial charge is 0.203 e. The van der Waals surface area contributed by atoms with E-state index in [2.05, 4.69) is 0 Å². The Hall–Kier alpha value is -2.56. The van der Waals surface area contributed by atoms with Gasteiger partial charge in [-0.15, -0.1) is 0 Å². The molecule has 2 rings (SSSR count). The van der Waals surface area contributed by atoms with Crippen LogP contribution in [0.15, 0.2) is 30.3 Å². The maximum absolute atomic E-state index is 5.88. The number of rotatable bonds is 8. The van der Waals surface area contributed by atoms with Gasteiger partial charge in [0, 0.05) is 6.07 Å². The maximum atomic E-state index is 5.88. The predicted octanol–water partition coefficient (Wildman–Crippen LogP) is 8.42. The van der Waals surface area contributed by atoms with Crippen LogP contribution in [0.1, 0.15) is 80.4 Å². The van der Waals surface area contributed by atoms with Crippen molar-refractivity contribution in [2.45, 2.75) is 101 Å². The van der Waals surface area contributed by atoms with Crippen LogP contribution in [-0.4, -0.2) is 32.5 Å². The lowest BCUT2D eigenvalue weighted by Gasteiger charge is -2.22. The first kappa shape index (κ1) is 33.6. The van der Waals surface area contributed by atoms with Crippen LogP contribution in [0.4, 0.5) is 0 Å². The molecule has 2 aromatic carbocycles. The minimum absolute atomic E-state index is 0.0757. The highest BCUT2D eigenvalue weighted by Gasteiger charge is 2.17. The van der Waals surface area contributed by atoms with Crippen molar-refractivity contribution in [1.29, 1.82) is 0 Å². The van der Waals surface area contributed by atoms with E-state index in [0.717, 1.165) is 34.1 Å². The third-order valence-electron chi connectivity index (χ3n) is 3.74. The summed E-state index contributed by atoms with van der Waals surface area (Å²) < 4.78 is 27.7. The van der Waals surface area contributed by atoms with Crippen LogP contribution in [0, 0.1) is 13.8 Å². The Bertz CT molecular complexity index is 729. The molecule has 0 aromatic heterocycles. The number of aryl methyl sites for hydroxylation is 2. The average molecular weight is 479 g/mol. The standard InChI is InChI=1S/C16H26O3.C9H12O2.2C2H6/c1-10(2)17-14-8-13(7)9-15(18-11(3)4)16(14)19-12(5)6;1-7-4-8(10-2)6-9(5-7)11-3;2*1-2/h8-12H,1-7H3;4-6H,1-3H3;2*1-2H3. The van der Waals surface area contributed by atoms with Gasteiger partial charge in [0.2, 0.25) is 5.75 Å². The highest BCUT2D eigenvalue weighted by molar-refractivity contribution is 5.54. The summed E-state index contributed by atoms with van der Waals surface area (Å²) in [6.45, 7) is 24.0. The van der Waals surface area contributed by atoms with Gasteiger partial charge in [0.15, 0.2) is 11.5 Å². The molecule has 196 valence electrons. The summed E-state index contributed by atoms with van der Waals surface area (Å²) in [5.41, 5.74) is 2.24. The quantitative estimate of drug-likeness (QED) is 0.381. The Kier molecular flexibility index (Phi) is 18.6. The van der Waals surface area contributed by atoms with E-state index < -0.39 is 0 Å². The number of hydrogen-bond acceptors (Lipinski definition) is 5. The van der Waals surface area contributed by atoms with E-state index >= 15 is 0 Å². The van der Waals surface area contributed by atoms with Gasteiger partial charge in [-0.25, -0.2) is 0 Å². The van der Waals surface area contributed by atoms with Crippen LogP contribution < -0.4 is 23.7 Å². The Morgan fingerprint density at radius 1 is 0.500 bits per heavy atom. The summed E-state index contributed by atoms with van der Waals surface area (Å²) >= 11 is 0. The van der Waals surface area contributed by atoms with Gasteiger partial charge in [-0.2, -0.15) is 0 Å². The largest absolute Gasteiger partial charge is 0.497 e. The van der Waals surface area contributed by atoms with Gasteiger partial charge in [-0.3, -0.25) is 0 Å². The van der Waals surface area contributed by atoms with E-state index in [4.69, 9.17) is 23.7 Å². The molecule has 5 heteroatoms. The third kappa shape index (κ3) is 13.9. The molecule has 0 aliphatic carbocycles. The van der Waals surface area contributed by atoms with Crippen LogP contribution in [0.25, 0.3) is 0 Å². The Morgan fingerprint density at radius 3 is 1.12 bits per heavy atom. The first-order chi connectivity index (χ1) is 16.0. The third-order valence-corrected chi connectivity index (χ3v) is 3.74. The van der Waals surface area contributed by atoms with Crippen LogP contribution in [0.2, 0.25) is 0 Å². The lowest BCUT2D eigenvalue weighted by Crippen LogP contribution is -2.14. The molecule has 0 saturated carbocycles. The highest BCUT2D eigenvalue weighted by Crippen LogP contribution is 2.40. The molecule has 5 nitrogen and oxygen atoms in total. The summed E-state index contributed by atoms with van der Waals surface area (Å²) in [4.78, 5) is 0. The molecule has 0 N–H and O–H groups in total. The van der Waals surface area contributed by atoms with Crippen molar-refractivity contribution in [2.24, 2.45) is 0 Å². The second-order valence-electron chi connectivity index (χ2n) is 7.98. The monoisotopic (exact) mass is 478 g/mol. The van der Waals surface area contributed by atoms with E-state index in [1.165, 1.54) is 0 Å². The molecule has 0 unspecified atom stereocenters. The van der Waals surface area contributed by atoms with E-state index in [1.54, 1.807) is 14.2 Å². The first-order valence-corrected chi connectivity index (χ1v) is 12.4. The van der Waals surface area contributed by atoms with Gasteiger partial charge in [0.25, 0.3) is 0 Å².